The number of benzene rings is 2. The zero-order valence-electron chi connectivity index (χ0n) is 18.9. The highest BCUT2D eigenvalue weighted by Crippen LogP contribution is 2.31. The molecule has 0 spiro atoms. The first-order valence-corrected chi connectivity index (χ1v) is 11.1. The highest BCUT2D eigenvalue weighted by atomic mass is 35.5. The Morgan fingerprint density at radius 3 is 2.76 bits per heavy atom. The number of methoxy groups -OCH3 is 1. The van der Waals surface area contributed by atoms with Crippen LogP contribution >= 0.6 is 11.6 Å². The van der Waals surface area contributed by atoms with Crippen LogP contribution in [-0.4, -0.2) is 62.7 Å². The summed E-state index contributed by atoms with van der Waals surface area (Å²) in [6, 6.07) is 8.84. The molecule has 33 heavy (non-hydrogen) atoms. The van der Waals surface area contributed by atoms with E-state index in [4.69, 9.17) is 25.8 Å². The number of carbonyl (C=O) groups excluding carboxylic acids is 2. The SMILES string of the molecule is COc1cc(C(C)=O)ccc1OCC(=O)NCC(c1c(F)cccc1Cl)N1CCOC(C)C1. The van der Waals surface area contributed by atoms with E-state index in [0.717, 1.165) is 0 Å². The van der Waals surface area contributed by atoms with Crippen molar-refractivity contribution in [1.82, 2.24) is 10.2 Å². The van der Waals surface area contributed by atoms with Gasteiger partial charge in [-0.3, -0.25) is 14.5 Å². The van der Waals surface area contributed by atoms with Crippen molar-refractivity contribution in [3.8, 4) is 11.5 Å². The van der Waals surface area contributed by atoms with Crippen LogP contribution in [0.4, 0.5) is 4.39 Å². The van der Waals surface area contributed by atoms with E-state index in [-0.39, 0.29) is 30.9 Å². The molecule has 2 unspecified atom stereocenters. The number of amides is 1. The normalized spacial score (nSPS) is 17.3. The van der Waals surface area contributed by atoms with Gasteiger partial charge in [-0.1, -0.05) is 17.7 Å². The molecule has 2 atom stereocenters. The van der Waals surface area contributed by atoms with Crippen LogP contribution in [-0.2, 0) is 9.53 Å². The van der Waals surface area contributed by atoms with Crippen molar-refractivity contribution in [3.63, 3.8) is 0 Å². The molecule has 0 aromatic heterocycles. The van der Waals surface area contributed by atoms with Gasteiger partial charge in [0.2, 0.25) is 0 Å². The largest absolute Gasteiger partial charge is 0.493 e. The fourth-order valence-corrected chi connectivity index (χ4v) is 4.07. The number of morpholine rings is 1. The number of ether oxygens (including phenoxy) is 3. The van der Waals surface area contributed by atoms with Gasteiger partial charge in [-0.15, -0.1) is 0 Å². The quantitative estimate of drug-likeness (QED) is 0.554. The van der Waals surface area contributed by atoms with Gasteiger partial charge in [0, 0.05) is 35.8 Å². The molecule has 1 fully saturated rings. The third kappa shape index (κ3) is 6.43. The molecule has 3 rings (SSSR count). The van der Waals surface area contributed by atoms with Gasteiger partial charge < -0.3 is 19.5 Å². The van der Waals surface area contributed by atoms with E-state index in [2.05, 4.69) is 10.2 Å². The zero-order chi connectivity index (χ0) is 24.0. The number of Topliss-reactive ketones (excluding diaryl/α,β-unsaturated/α-hetero) is 1. The van der Waals surface area contributed by atoms with E-state index in [0.29, 0.717) is 47.3 Å². The Kier molecular flexibility index (Phi) is 8.66. The van der Waals surface area contributed by atoms with Crippen LogP contribution in [0.25, 0.3) is 0 Å². The number of ketones is 1. The average Bonchev–Trinajstić information content (AvgIpc) is 2.79. The third-order valence-corrected chi connectivity index (χ3v) is 5.80. The van der Waals surface area contributed by atoms with Crippen LogP contribution in [0.15, 0.2) is 36.4 Å². The van der Waals surface area contributed by atoms with E-state index in [1.54, 1.807) is 30.3 Å². The first-order chi connectivity index (χ1) is 15.8. The number of nitrogens with zero attached hydrogens (tertiary/aromatic N) is 1. The summed E-state index contributed by atoms with van der Waals surface area (Å²) in [4.78, 5) is 26.1. The number of nitrogens with one attached hydrogen (secondary N) is 1. The molecular formula is C24H28ClFN2O5. The van der Waals surface area contributed by atoms with Gasteiger partial charge in [-0.25, -0.2) is 4.39 Å². The second kappa shape index (κ2) is 11.4. The number of halogens is 2. The lowest BCUT2D eigenvalue weighted by Crippen LogP contribution is -2.47. The molecule has 1 amide bonds. The maximum Gasteiger partial charge on any atom is 0.258 e. The first kappa shape index (κ1) is 25.0. The molecule has 2 aromatic carbocycles. The predicted molar refractivity (Wildman–Crippen MR) is 123 cm³/mol. The van der Waals surface area contributed by atoms with Crippen molar-refractivity contribution in [2.75, 3.05) is 40.0 Å². The van der Waals surface area contributed by atoms with Crippen LogP contribution in [0.1, 0.15) is 35.8 Å². The summed E-state index contributed by atoms with van der Waals surface area (Å²) in [5.41, 5.74) is 0.823. The van der Waals surface area contributed by atoms with Crippen molar-refractivity contribution in [2.45, 2.75) is 26.0 Å². The molecule has 1 aliphatic rings. The highest BCUT2D eigenvalue weighted by molar-refractivity contribution is 6.31. The number of hydrogen-bond acceptors (Lipinski definition) is 6. The third-order valence-electron chi connectivity index (χ3n) is 5.47. The van der Waals surface area contributed by atoms with Gasteiger partial charge in [0.1, 0.15) is 5.82 Å². The molecule has 1 aliphatic heterocycles. The molecule has 7 nitrogen and oxygen atoms in total. The van der Waals surface area contributed by atoms with E-state index in [1.165, 1.54) is 20.1 Å². The Bertz CT molecular complexity index is 983. The molecule has 0 saturated carbocycles. The van der Waals surface area contributed by atoms with Crippen LogP contribution in [0, 0.1) is 5.82 Å². The predicted octanol–water partition coefficient (Wildman–Crippen LogP) is 3.65. The summed E-state index contributed by atoms with van der Waals surface area (Å²) >= 11 is 6.33. The fourth-order valence-electron chi connectivity index (χ4n) is 3.78. The van der Waals surface area contributed by atoms with E-state index in [1.807, 2.05) is 6.92 Å². The summed E-state index contributed by atoms with van der Waals surface area (Å²) in [5, 5.41) is 3.12. The minimum atomic E-state index is -0.460. The molecule has 9 heteroatoms. The minimum absolute atomic E-state index is 0.0173. The van der Waals surface area contributed by atoms with Crippen molar-refractivity contribution in [1.29, 1.82) is 0 Å². The van der Waals surface area contributed by atoms with Crippen LogP contribution in [0.2, 0.25) is 5.02 Å². The van der Waals surface area contributed by atoms with Gasteiger partial charge in [-0.2, -0.15) is 0 Å². The lowest BCUT2D eigenvalue weighted by molar-refractivity contribution is -0.123. The number of hydrogen-bond donors (Lipinski definition) is 1. The van der Waals surface area contributed by atoms with Crippen LogP contribution in [0.3, 0.4) is 0 Å². The van der Waals surface area contributed by atoms with Crippen molar-refractivity contribution in [2.24, 2.45) is 0 Å². The molecule has 0 bridgehead atoms. The van der Waals surface area contributed by atoms with Gasteiger partial charge >= 0.3 is 0 Å². The summed E-state index contributed by atoms with van der Waals surface area (Å²) < 4.78 is 31.2. The van der Waals surface area contributed by atoms with Crippen LogP contribution < -0.4 is 14.8 Å². The van der Waals surface area contributed by atoms with E-state index < -0.39 is 11.9 Å². The number of rotatable bonds is 9. The minimum Gasteiger partial charge on any atom is -0.493 e. The standard InChI is InChI=1S/C24H28ClFN2O5/c1-15-13-28(9-10-32-15)20(24-18(25)5-4-6-19(24)26)12-27-23(30)14-33-21-8-7-17(16(2)29)11-22(21)31-3/h4-8,11,15,20H,9-10,12-14H2,1-3H3,(H,27,30). The van der Waals surface area contributed by atoms with Crippen molar-refractivity contribution < 1.29 is 28.2 Å². The second-order valence-electron chi connectivity index (χ2n) is 7.84. The molecule has 2 aromatic rings. The fraction of sp³-hybridized carbons (Fsp3) is 0.417. The average molecular weight is 479 g/mol. The summed E-state index contributed by atoms with van der Waals surface area (Å²) in [6.07, 6.45) is -0.0173. The van der Waals surface area contributed by atoms with E-state index >= 15 is 0 Å². The molecule has 1 heterocycles. The molecule has 0 radical (unpaired) electrons. The maximum absolute atomic E-state index is 14.7. The first-order valence-electron chi connectivity index (χ1n) is 10.7. The maximum atomic E-state index is 14.7. The molecule has 1 saturated heterocycles. The Labute approximate surface area is 197 Å². The molecular weight excluding hydrogens is 451 g/mol. The Morgan fingerprint density at radius 1 is 1.30 bits per heavy atom. The monoisotopic (exact) mass is 478 g/mol. The topological polar surface area (TPSA) is 77.1 Å². The Balaban J connectivity index is 1.68. The van der Waals surface area contributed by atoms with Gasteiger partial charge in [0.05, 0.1) is 25.9 Å². The lowest BCUT2D eigenvalue weighted by Gasteiger charge is -2.38. The summed E-state index contributed by atoms with van der Waals surface area (Å²) in [7, 11) is 1.46. The Hall–Kier alpha value is -2.68. The van der Waals surface area contributed by atoms with Gasteiger partial charge in [0.25, 0.3) is 5.91 Å². The highest BCUT2D eigenvalue weighted by Gasteiger charge is 2.29. The van der Waals surface area contributed by atoms with Crippen LogP contribution in [0.5, 0.6) is 11.5 Å². The molecule has 1 N–H and O–H groups in total. The smallest absolute Gasteiger partial charge is 0.258 e. The lowest BCUT2D eigenvalue weighted by atomic mass is 10.0. The van der Waals surface area contributed by atoms with E-state index in [9.17, 15) is 14.0 Å². The van der Waals surface area contributed by atoms with Gasteiger partial charge in [0.15, 0.2) is 23.9 Å². The Morgan fingerprint density at radius 2 is 2.09 bits per heavy atom. The van der Waals surface area contributed by atoms with Crippen molar-refractivity contribution in [3.05, 3.63) is 58.4 Å². The summed E-state index contributed by atoms with van der Waals surface area (Å²) in [6.45, 7) is 4.96. The second-order valence-corrected chi connectivity index (χ2v) is 8.25. The molecule has 178 valence electrons. The van der Waals surface area contributed by atoms with Crippen molar-refractivity contribution >= 4 is 23.3 Å². The van der Waals surface area contributed by atoms with Gasteiger partial charge in [-0.05, 0) is 44.2 Å². The number of carbonyl (C=O) groups is 2. The summed E-state index contributed by atoms with van der Waals surface area (Å²) in [5.74, 6) is -0.214. The zero-order valence-corrected chi connectivity index (χ0v) is 19.7. The molecule has 0 aliphatic carbocycles.